The molecule has 0 aliphatic carbocycles. The zero-order chi connectivity index (χ0) is 13.8. The molecular weight excluding hydrogens is 266 g/mol. The normalized spacial score (nSPS) is 10.1. The molecule has 1 N–H and O–H groups in total. The minimum Gasteiger partial charge on any atom is -0.497 e. The van der Waals surface area contributed by atoms with Crippen LogP contribution in [0.4, 0.5) is 11.5 Å². The molecule has 6 heteroatoms. The van der Waals surface area contributed by atoms with Crippen LogP contribution in [0.3, 0.4) is 0 Å². The standard InChI is InChI=1S/C13H14ClN3O2/c1-8-6-12(17-13(14)15-8)16-10-5-4-9(18-2)7-11(10)19-3/h4-7H,1-3H3,(H,15,16,17). The number of rotatable bonds is 4. The number of aromatic nitrogens is 2. The number of halogens is 1. The van der Waals surface area contributed by atoms with Crippen LogP contribution in [0.2, 0.25) is 5.28 Å². The molecule has 0 radical (unpaired) electrons. The highest BCUT2D eigenvalue weighted by Gasteiger charge is 2.07. The van der Waals surface area contributed by atoms with E-state index in [9.17, 15) is 0 Å². The maximum Gasteiger partial charge on any atom is 0.224 e. The van der Waals surface area contributed by atoms with Crippen LogP contribution in [-0.4, -0.2) is 24.2 Å². The third-order valence-electron chi connectivity index (χ3n) is 2.50. The second kappa shape index (κ2) is 5.75. The summed E-state index contributed by atoms with van der Waals surface area (Å²) in [4.78, 5) is 8.11. The van der Waals surface area contributed by atoms with Crippen molar-refractivity contribution < 1.29 is 9.47 Å². The average molecular weight is 280 g/mol. The van der Waals surface area contributed by atoms with Gasteiger partial charge in [0.1, 0.15) is 17.3 Å². The second-order valence-corrected chi connectivity index (χ2v) is 4.19. The Morgan fingerprint density at radius 3 is 2.53 bits per heavy atom. The van der Waals surface area contributed by atoms with Crippen LogP contribution in [0.15, 0.2) is 24.3 Å². The van der Waals surface area contributed by atoms with E-state index in [1.165, 1.54) is 0 Å². The lowest BCUT2D eigenvalue weighted by atomic mass is 10.2. The first-order valence-corrected chi connectivity index (χ1v) is 6.00. The van der Waals surface area contributed by atoms with Gasteiger partial charge in [-0.3, -0.25) is 0 Å². The van der Waals surface area contributed by atoms with E-state index in [1.807, 2.05) is 19.1 Å². The summed E-state index contributed by atoms with van der Waals surface area (Å²) >= 11 is 5.82. The lowest BCUT2D eigenvalue weighted by Gasteiger charge is -2.12. The number of nitrogens with one attached hydrogen (secondary N) is 1. The van der Waals surface area contributed by atoms with E-state index in [2.05, 4.69) is 15.3 Å². The van der Waals surface area contributed by atoms with Crippen LogP contribution in [0, 0.1) is 6.92 Å². The van der Waals surface area contributed by atoms with Crippen LogP contribution in [-0.2, 0) is 0 Å². The molecule has 1 aromatic carbocycles. The molecule has 0 saturated heterocycles. The van der Waals surface area contributed by atoms with Gasteiger partial charge < -0.3 is 14.8 Å². The van der Waals surface area contributed by atoms with Crippen LogP contribution < -0.4 is 14.8 Å². The van der Waals surface area contributed by atoms with E-state index in [4.69, 9.17) is 21.1 Å². The fraction of sp³-hybridized carbons (Fsp3) is 0.231. The van der Waals surface area contributed by atoms with Gasteiger partial charge in [-0.25, -0.2) is 9.97 Å². The largest absolute Gasteiger partial charge is 0.497 e. The molecule has 0 unspecified atom stereocenters. The number of hydrogen-bond donors (Lipinski definition) is 1. The highest BCUT2D eigenvalue weighted by molar-refractivity contribution is 6.28. The summed E-state index contributed by atoms with van der Waals surface area (Å²) in [5, 5.41) is 3.34. The topological polar surface area (TPSA) is 56.3 Å². The maximum absolute atomic E-state index is 5.82. The van der Waals surface area contributed by atoms with Crippen molar-refractivity contribution in [3.05, 3.63) is 35.2 Å². The highest BCUT2D eigenvalue weighted by atomic mass is 35.5. The van der Waals surface area contributed by atoms with Gasteiger partial charge in [-0.05, 0) is 30.7 Å². The number of nitrogens with zero attached hydrogens (tertiary/aromatic N) is 2. The predicted octanol–water partition coefficient (Wildman–Crippen LogP) is 3.20. The Hall–Kier alpha value is -2.01. The van der Waals surface area contributed by atoms with Crippen molar-refractivity contribution >= 4 is 23.1 Å². The average Bonchev–Trinajstić information content (AvgIpc) is 2.38. The van der Waals surface area contributed by atoms with E-state index < -0.39 is 0 Å². The summed E-state index contributed by atoms with van der Waals surface area (Å²) < 4.78 is 10.4. The Bertz CT molecular complexity index is 570. The van der Waals surface area contributed by atoms with E-state index >= 15 is 0 Å². The van der Waals surface area contributed by atoms with Crippen LogP contribution >= 0.6 is 11.6 Å². The summed E-state index contributed by atoms with van der Waals surface area (Å²) in [6, 6.07) is 7.27. The van der Waals surface area contributed by atoms with Gasteiger partial charge in [-0.1, -0.05) is 0 Å². The molecule has 0 aliphatic rings. The van der Waals surface area contributed by atoms with E-state index in [1.54, 1.807) is 26.4 Å². The molecule has 0 fully saturated rings. The minimum atomic E-state index is 0.204. The molecule has 0 atom stereocenters. The smallest absolute Gasteiger partial charge is 0.224 e. The van der Waals surface area contributed by atoms with Gasteiger partial charge in [0.15, 0.2) is 0 Å². The van der Waals surface area contributed by atoms with Gasteiger partial charge in [-0.15, -0.1) is 0 Å². The molecule has 0 spiro atoms. The summed E-state index contributed by atoms with van der Waals surface area (Å²) in [6.45, 7) is 1.85. The van der Waals surface area contributed by atoms with E-state index in [0.29, 0.717) is 11.6 Å². The summed E-state index contributed by atoms with van der Waals surface area (Å²) in [5.41, 5.74) is 1.56. The number of hydrogen-bond acceptors (Lipinski definition) is 5. The van der Waals surface area contributed by atoms with Crippen molar-refractivity contribution in [1.82, 2.24) is 9.97 Å². The number of methoxy groups -OCH3 is 2. The van der Waals surface area contributed by atoms with E-state index in [-0.39, 0.29) is 5.28 Å². The van der Waals surface area contributed by atoms with Crippen LogP contribution in [0.5, 0.6) is 11.5 Å². The molecule has 100 valence electrons. The molecule has 0 bridgehead atoms. The van der Waals surface area contributed by atoms with Crippen molar-refractivity contribution in [1.29, 1.82) is 0 Å². The Kier molecular flexibility index (Phi) is 4.06. The van der Waals surface area contributed by atoms with Gasteiger partial charge in [0.05, 0.1) is 19.9 Å². The minimum absolute atomic E-state index is 0.204. The van der Waals surface area contributed by atoms with Gasteiger partial charge >= 0.3 is 0 Å². The zero-order valence-electron chi connectivity index (χ0n) is 10.9. The number of ether oxygens (including phenoxy) is 2. The van der Waals surface area contributed by atoms with Crippen molar-refractivity contribution in [3.8, 4) is 11.5 Å². The lowest BCUT2D eigenvalue weighted by Crippen LogP contribution is -1.99. The molecule has 19 heavy (non-hydrogen) atoms. The van der Waals surface area contributed by atoms with Crippen molar-refractivity contribution in [2.75, 3.05) is 19.5 Å². The molecule has 1 heterocycles. The van der Waals surface area contributed by atoms with Gasteiger partial charge in [0.25, 0.3) is 0 Å². The Labute approximate surface area is 116 Å². The zero-order valence-corrected chi connectivity index (χ0v) is 11.7. The molecule has 0 aliphatic heterocycles. The first-order chi connectivity index (χ1) is 9.12. The fourth-order valence-electron chi connectivity index (χ4n) is 1.64. The Balaban J connectivity index is 2.32. The van der Waals surface area contributed by atoms with Crippen LogP contribution in [0.1, 0.15) is 5.69 Å². The third kappa shape index (κ3) is 3.26. The first kappa shape index (κ1) is 13.4. The molecule has 5 nitrogen and oxygen atoms in total. The molecule has 2 aromatic rings. The second-order valence-electron chi connectivity index (χ2n) is 3.85. The fourth-order valence-corrected chi connectivity index (χ4v) is 1.86. The molecule has 0 amide bonds. The molecule has 0 saturated carbocycles. The highest BCUT2D eigenvalue weighted by Crippen LogP contribution is 2.31. The van der Waals surface area contributed by atoms with Gasteiger partial charge in [0, 0.05) is 17.8 Å². The van der Waals surface area contributed by atoms with Crippen molar-refractivity contribution in [2.24, 2.45) is 0 Å². The third-order valence-corrected chi connectivity index (χ3v) is 2.67. The maximum atomic E-state index is 5.82. The molecule has 1 aromatic heterocycles. The lowest BCUT2D eigenvalue weighted by molar-refractivity contribution is 0.395. The number of anilines is 2. The molecule has 2 rings (SSSR count). The summed E-state index contributed by atoms with van der Waals surface area (Å²) in [6.07, 6.45) is 0. The Morgan fingerprint density at radius 1 is 1.11 bits per heavy atom. The number of benzene rings is 1. The summed E-state index contributed by atoms with van der Waals surface area (Å²) in [5.74, 6) is 1.99. The monoisotopic (exact) mass is 279 g/mol. The summed E-state index contributed by atoms with van der Waals surface area (Å²) in [7, 11) is 3.20. The van der Waals surface area contributed by atoms with E-state index in [0.717, 1.165) is 17.1 Å². The quantitative estimate of drug-likeness (QED) is 0.871. The van der Waals surface area contributed by atoms with Gasteiger partial charge in [-0.2, -0.15) is 0 Å². The van der Waals surface area contributed by atoms with Crippen molar-refractivity contribution in [2.45, 2.75) is 6.92 Å². The SMILES string of the molecule is COc1ccc(Nc2cc(C)nc(Cl)n2)c(OC)c1. The van der Waals surface area contributed by atoms with Crippen LogP contribution in [0.25, 0.3) is 0 Å². The van der Waals surface area contributed by atoms with Crippen molar-refractivity contribution in [3.63, 3.8) is 0 Å². The van der Waals surface area contributed by atoms with Gasteiger partial charge in [0.2, 0.25) is 5.28 Å². The Morgan fingerprint density at radius 2 is 1.89 bits per heavy atom. The first-order valence-electron chi connectivity index (χ1n) is 5.62. The molecular formula is C13H14ClN3O2. The number of aryl methyl sites for hydroxylation is 1. The predicted molar refractivity (Wildman–Crippen MR) is 74.6 cm³/mol.